The molecule has 1 aromatic heterocycles. The number of nitrogens with one attached hydrogen (secondary N) is 1. The summed E-state index contributed by atoms with van der Waals surface area (Å²) in [6.45, 7) is 7.16. The number of nitrogens with zero attached hydrogens (tertiary/aromatic N) is 2. The van der Waals surface area contributed by atoms with Gasteiger partial charge in [-0.3, -0.25) is 0 Å². The van der Waals surface area contributed by atoms with Crippen molar-refractivity contribution in [1.82, 2.24) is 15.5 Å². The lowest BCUT2D eigenvalue weighted by atomic mass is 10.1. The van der Waals surface area contributed by atoms with Gasteiger partial charge in [0.05, 0.1) is 5.02 Å². The highest BCUT2D eigenvalue weighted by atomic mass is 35.5. The minimum absolute atomic E-state index is 0.0889. The zero-order valence-electron chi connectivity index (χ0n) is 11.4. The summed E-state index contributed by atoms with van der Waals surface area (Å²) in [7, 11) is 0. The van der Waals surface area contributed by atoms with Crippen molar-refractivity contribution in [1.29, 1.82) is 0 Å². The molecule has 0 saturated carbocycles. The minimum atomic E-state index is 0.0889. The third-order valence-electron chi connectivity index (χ3n) is 2.58. The molecule has 0 saturated heterocycles. The quantitative estimate of drug-likeness (QED) is 0.933. The molecule has 0 aliphatic heterocycles. The Hall–Kier alpha value is -1.39. The summed E-state index contributed by atoms with van der Waals surface area (Å²) >= 11 is 6.10. The number of rotatable bonds is 4. The number of hydrogen-bond donors (Lipinski definition) is 1. The van der Waals surface area contributed by atoms with Crippen LogP contribution in [0.4, 0.5) is 0 Å². The van der Waals surface area contributed by atoms with E-state index in [1.54, 1.807) is 0 Å². The number of halogens is 1. The second-order valence-corrected chi connectivity index (χ2v) is 5.83. The maximum absolute atomic E-state index is 6.10. The zero-order chi connectivity index (χ0) is 13.9. The summed E-state index contributed by atoms with van der Waals surface area (Å²) in [5.41, 5.74) is 0.883. The summed E-state index contributed by atoms with van der Waals surface area (Å²) in [6, 6.07) is 7.47. The van der Waals surface area contributed by atoms with E-state index in [0.29, 0.717) is 23.2 Å². The van der Waals surface area contributed by atoms with Crippen molar-refractivity contribution in [2.24, 2.45) is 0 Å². The maximum atomic E-state index is 6.10. The molecule has 1 heterocycles. The molecule has 0 unspecified atom stereocenters. The third-order valence-corrected chi connectivity index (χ3v) is 2.91. The average Bonchev–Trinajstić information content (AvgIpc) is 2.76. The minimum Gasteiger partial charge on any atom is -0.339 e. The van der Waals surface area contributed by atoms with Crippen LogP contribution in [0.15, 0.2) is 28.8 Å². The first-order chi connectivity index (χ1) is 8.96. The molecular formula is C14H18ClN3O. The Morgan fingerprint density at radius 3 is 2.68 bits per heavy atom. The summed E-state index contributed by atoms with van der Waals surface area (Å²) in [5.74, 6) is 1.16. The van der Waals surface area contributed by atoms with Crippen LogP contribution in [0, 0.1) is 0 Å². The van der Waals surface area contributed by atoms with Gasteiger partial charge in [-0.2, -0.15) is 4.98 Å². The van der Waals surface area contributed by atoms with Gasteiger partial charge in [0, 0.05) is 24.1 Å². The van der Waals surface area contributed by atoms with E-state index in [-0.39, 0.29) is 5.54 Å². The molecule has 0 atom stereocenters. The van der Waals surface area contributed by atoms with Gasteiger partial charge in [0.15, 0.2) is 0 Å². The van der Waals surface area contributed by atoms with Gasteiger partial charge in [-0.25, -0.2) is 0 Å². The highest BCUT2D eigenvalue weighted by Crippen LogP contribution is 2.24. The second kappa shape index (κ2) is 5.72. The first-order valence-electron chi connectivity index (χ1n) is 6.28. The Morgan fingerprint density at radius 2 is 2.00 bits per heavy atom. The highest BCUT2D eigenvalue weighted by molar-refractivity contribution is 6.33. The van der Waals surface area contributed by atoms with Crippen LogP contribution in [0.2, 0.25) is 5.02 Å². The largest absolute Gasteiger partial charge is 0.339 e. The lowest BCUT2D eigenvalue weighted by Crippen LogP contribution is -2.37. The fourth-order valence-corrected chi connectivity index (χ4v) is 1.87. The second-order valence-electron chi connectivity index (χ2n) is 5.42. The molecule has 0 fully saturated rings. The summed E-state index contributed by atoms with van der Waals surface area (Å²) in [4.78, 5) is 4.36. The predicted octanol–water partition coefficient (Wildman–Crippen LogP) is 3.32. The Labute approximate surface area is 118 Å². The van der Waals surface area contributed by atoms with E-state index in [2.05, 4.69) is 36.2 Å². The van der Waals surface area contributed by atoms with E-state index in [4.69, 9.17) is 16.1 Å². The fourth-order valence-electron chi connectivity index (χ4n) is 1.65. The van der Waals surface area contributed by atoms with Gasteiger partial charge in [-0.05, 0) is 32.9 Å². The van der Waals surface area contributed by atoms with Gasteiger partial charge in [0.1, 0.15) is 0 Å². The Bertz CT molecular complexity index is 546. The van der Waals surface area contributed by atoms with Crippen LogP contribution in [-0.2, 0) is 6.42 Å². The monoisotopic (exact) mass is 279 g/mol. The molecule has 1 aromatic carbocycles. The van der Waals surface area contributed by atoms with E-state index in [0.717, 1.165) is 12.1 Å². The smallest absolute Gasteiger partial charge is 0.228 e. The third kappa shape index (κ3) is 4.04. The molecule has 102 valence electrons. The van der Waals surface area contributed by atoms with Crippen molar-refractivity contribution >= 4 is 11.6 Å². The van der Waals surface area contributed by atoms with Crippen molar-refractivity contribution in [2.75, 3.05) is 6.54 Å². The first-order valence-corrected chi connectivity index (χ1v) is 6.66. The molecule has 4 nitrogen and oxygen atoms in total. The predicted molar refractivity (Wildman–Crippen MR) is 76.2 cm³/mol. The molecule has 2 aromatic rings. The highest BCUT2D eigenvalue weighted by Gasteiger charge is 2.12. The standard InChI is InChI=1S/C14H18ClN3O/c1-14(2,3)16-9-8-12-17-13(18-19-12)10-6-4-5-7-11(10)15/h4-7,16H,8-9H2,1-3H3. The lowest BCUT2D eigenvalue weighted by molar-refractivity contribution is 0.362. The van der Waals surface area contributed by atoms with Gasteiger partial charge in [0.2, 0.25) is 11.7 Å². The molecule has 0 aliphatic rings. The SMILES string of the molecule is CC(C)(C)NCCc1nc(-c2ccccc2Cl)no1. The van der Waals surface area contributed by atoms with E-state index in [9.17, 15) is 0 Å². The van der Waals surface area contributed by atoms with Gasteiger partial charge in [-0.1, -0.05) is 28.9 Å². The zero-order valence-corrected chi connectivity index (χ0v) is 12.2. The van der Waals surface area contributed by atoms with E-state index < -0.39 is 0 Å². The molecule has 0 spiro atoms. The number of hydrogen-bond acceptors (Lipinski definition) is 4. The van der Waals surface area contributed by atoms with Crippen LogP contribution in [0.1, 0.15) is 26.7 Å². The fraction of sp³-hybridized carbons (Fsp3) is 0.429. The van der Waals surface area contributed by atoms with Crippen LogP contribution >= 0.6 is 11.6 Å². The van der Waals surface area contributed by atoms with Crippen molar-refractivity contribution in [3.63, 3.8) is 0 Å². The van der Waals surface area contributed by atoms with Crippen molar-refractivity contribution < 1.29 is 4.52 Å². The summed E-state index contributed by atoms with van der Waals surface area (Å²) in [5, 5.41) is 7.97. The van der Waals surface area contributed by atoms with Crippen molar-refractivity contribution in [3.8, 4) is 11.4 Å². The van der Waals surface area contributed by atoms with Gasteiger partial charge < -0.3 is 9.84 Å². The summed E-state index contributed by atoms with van der Waals surface area (Å²) in [6.07, 6.45) is 0.703. The van der Waals surface area contributed by atoms with E-state index >= 15 is 0 Å². The average molecular weight is 280 g/mol. The van der Waals surface area contributed by atoms with E-state index in [1.807, 2.05) is 24.3 Å². The molecule has 1 N–H and O–H groups in total. The van der Waals surface area contributed by atoms with Crippen LogP contribution < -0.4 is 5.32 Å². The normalized spacial score (nSPS) is 11.8. The van der Waals surface area contributed by atoms with Crippen molar-refractivity contribution in [3.05, 3.63) is 35.2 Å². The number of benzene rings is 1. The molecule has 0 aliphatic carbocycles. The van der Waals surface area contributed by atoms with Crippen LogP contribution in [0.25, 0.3) is 11.4 Å². The summed E-state index contributed by atoms with van der Waals surface area (Å²) < 4.78 is 5.23. The van der Waals surface area contributed by atoms with Crippen LogP contribution in [-0.4, -0.2) is 22.2 Å². The number of aromatic nitrogens is 2. The molecule has 0 amide bonds. The maximum Gasteiger partial charge on any atom is 0.228 e. The molecule has 0 radical (unpaired) electrons. The molecule has 0 bridgehead atoms. The van der Waals surface area contributed by atoms with Crippen LogP contribution in [0.5, 0.6) is 0 Å². The Morgan fingerprint density at radius 1 is 1.26 bits per heavy atom. The lowest BCUT2D eigenvalue weighted by Gasteiger charge is -2.19. The molecule has 5 heteroatoms. The van der Waals surface area contributed by atoms with Crippen LogP contribution in [0.3, 0.4) is 0 Å². The topological polar surface area (TPSA) is 51.0 Å². The van der Waals surface area contributed by atoms with Gasteiger partial charge in [-0.15, -0.1) is 0 Å². The van der Waals surface area contributed by atoms with Crippen molar-refractivity contribution in [2.45, 2.75) is 32.7 Å². The molecule has 2 rings (SSSR count). The first kappa shape index (κ1) is 14.0. The van der Waals surface area contributed by atoms with Gasteiger partial charge in [0.25, 0.3) is 0 Å². The Kier molecular flexibility index (Phi) is 4.22. The van der Waals surface area contributed by atoms with Gasteiger partial charge >= 0.3 is 0 Å². The van der Waals surface area contributed by atoms with E-state index in [1.165, 1.54) is 0 Å². The molecule has 19 heavy (non-hydrogen) atoms. The Balaban J connectivity index is 2.02. The molecular weight excluding hydrogens is 262 g/mol.